The zero-order chi connectivity index (χ0) is 24.5. The first-order valence-electron chi connectivity index (χ1n) is 10.2. The summed E-state index contributed by atoms with van der Waals surface area (Å²) in [5.41, 5.74) is 0.396. The van der Waals surface area contributed by atoms with Crippen molar-refractivity contribution in [2.24, 2.45) is 0 Å². The van der Waals surface area contributed by atoms with Crippen molar-refractivity contribution in [1.29, 1.82) is 0 Å². The third kappa shape index (κ3) is 4.30. The minimum atomic E-state index is -4.24. The molecule has 1 N–H and O–H groups in total. The molecule has 0 spiro atoms. The smallest absolute Gasteiger partial charge is 0.344 e. The molecule has 3 aromatic carbocycles. The Morgan fingerprint density at radius 3 is 2.03 bits per heavy atom. The van der Waals surface area contributed by atoms with E-state index in [9.17, 15) is 18.3 Å². The second kappa shape index (κ2) is 9.54. The molecule has 0 radical (unpaired) electrons. The van der Waals surface area contributed by atoms with Gasteiger partial charge >= 0.3 is 5.97 Å². The van der Waals surface area contributed by atoms with Crippen molar-refractivity contribution in [3.05, 3.63) is 94.5 Å². The first-order chi connectivity index (χ1) is 16.3. The molecular weight excluding hydrogens is 497 g/mol. The van der Waals surface area contributed by atoms with Crippen LogP contribution in [0.2, 0.25) is 10.0 Å². The van der Waals surface area contributed by atoms with Gasteiger partial charge in [-0.1, -0.05) is 53.5 Å². The van der Waals surface area contributed by atoms with E-state index in [1.165, 1.54) is 12.1 Å². The molecular formula is C25H19Cl2NO5S. The average Bonchev–Trinajstić information content (AvgIpc) is 3.14. The van der Waals surface area contributed by atoms with E-state index in [1.54, 1.807) is 73.7 Å². The lowest BCUT2D eigenvalue weighted by Gasteiger charge is -2.13. The number of sulfone groups is 1. The minimum Gasteiger partial charge on any atom is -0.494 e. The van der Waals surface area contributed by atoms with E-state index >= 15 is 0 Å². The highest BCUT2D eigenvalue weighted by Crippen LogP contribution is 2.44. The molecule has 6 nitrogen and oxygen atoms in total. The molecule has 0 bridgehead atoms. The highest BCUT2D eigenvalue weighted by molar-refractivity contribution is 7.91. The van der Waals surface area contributed by atoms with Gasteiger partial charge in [-0.3, -0.25) is 4.57 Å². The van der Waals surface area contributed by atoms with Crippen LogP contribution in [-0.4, -0.2) is 30.7 Å². The molecule has 4 rings (SSSR count). The van der Waals surface area contributed by atoms with Crippen LogP contribution in [0.1, 0.15) is 17.3 Å². The van der Waals surface area contributed by atoms with Gasteiger partial charge in [0.15, 0.2) is 5.03 Å². The van der Waals surface area contributed by atoms with E-state index in [0.717, 1.165) is 4.57 Å². The fraction of sp³-hybridized carbons (Fsp3) is 0.0800. The predicted molar refractivity (Wildman–Crippen MR) is 131 cm³/mol. The summed E-state index contributed by atoms with van der Waals surface area (Å²) in [6, 6.07) is 20.3. The van der Waals surface area contributed by atoms with Crippen LogP contribution in [0, 0.1) is 0 Å². The molecule has 1 aromatic heterocycles. The summed E-state index contributed by atoms with van der Waals surface area (Å²) in [7, 11) is -4.24. The lowest BCUT2D eigenvalue weighted by molar-refractivity contribution is 0.0524. The van der Waals surface area contributed by atoms with Gasteiger partial charge in [0.1, 0.15) is 5.56 Å². The minimum absolute atomic E-state index is 0.00594. The maximum absolute atomic E-state index is 14.0. The van der Waals surface area contributed by atoms with Gasteiger partial charge in [-0.2, -0.15) is 0 Å². The fourth-order valence-electron chi connectivity index (χ4n) is 3.62. The third-order valence-corrected chi connectivity index (χ3v) is 7.40. The Bertz CT molecular complexity index is 1450. The number of carbonyl (C=O) groups is 1. The number of aromatic nitrogens is 1. The van der Waals surface area contributed by atoms with Crippen molar-refractivity contribution in [2.75, 3.05) is 6.61 Å². The van der Waals surface area contributed by atoms with Gasteiger partial charge in [0.25, 0.3) is 0 Å². The number of hydrogen-bond acceptors (Lipinski definition) is 5. The summed E-state index contributed by atoms with van der Waals surface area (Å²) in [6.07, 6.45) is 0. The van der Waals surface area contributed by atoms with Crippen LogP contribution < -0.4 is 0 Å². The van der Waals surface area contributed by atoms with Crippen LogP contribution in [0.3, 0.4) is 0 Å². The zero-order valence-electron chi connectivity index (χ0n) is 17.9. The Hall–Kier alpha value is -3.26. The number of esters is 1. The van der Waals surface area contributed by atoms with E-state index in [4.69, 9.17) is 27.9 Å². The molecule has 9 heteroatoms. The Kier molecular flexibility index (Phi) is 6.70. The van der Waals surface area contributed by atoms with Crippen molar-refractivity contribution < 1.29 is 23.1 Å². The lowest BCUT2D eigenvalue weighted by Crippen LogP contribution is -2.10. The van der Waals surface area contributed by atoms with Crippen molar-refractivity contribution in [1.82, 2.24) is 4.57 Å². The van der Waals surface area contributed by atoms with Crippen LogP contribution in [0.15, 0.2) is 88.8 Å². The van der Waals surface area contributed by atoms with Gasteiger partial charge in [-0.15, -0.1) is 0 Å². The van der Waals surface area contributed by atoms with Gasteiger partial charge < -0.3 is 9.84 Å². The molecule has 0 aliphatic carbocycles. The van der Waals surface area contributed by atoms with Crippen molar-refractivity contribution >= 4 is 39.0 Å². The molecule has 0 amide bonds. The van der Waals surface area contributed by atoms with Gasteiger partial charge in [0.05, 0.1) is 11.5 Å². The number of rotatable bonds is 6. The SMILES string of the molecule is CCOC(=O)c1c(-c2ccc(Cl)cc2)c(S(=O)(=O)c2ccccc2)n(-c2ccc(Cl)cc2)c1O. The molecule has 0 unspecified atom stereocenters. The Morgan fingerprint density at radius 1 is 0.912 bits per heavy atom. The zero-order valence-corrected chi connectivity index (χ0v) is 20.2. The predicted octanol–water partition coefficient (Wildman–Crippen LogP) is 6.17. The second-order valence-corrected chi connectivity index (χ2v) is 9.97. The molecule has 0 atom stereocenters. The number of nitrogens with zero attached hydrogens (tertiary/aromatic N) is 1. The molecule has 34 heavy (non-hydrogen) atoms. The normalized spacial score (nSPS) is 11.4. The van der Waals surface area contributed by atoms with Gasteiger partial charge in [0.2, 0.25) is 15.7 Å². The summed E-state index contributed by atoms with van der Waals surface area (Å²) >= 11 is 12.1. The van der Waals surface area contributed by atoms with Crippen LogP contribution in [0.5, 0.6) is 5.88 Å². The molecule has 0 saturated heterocycles. The topological polar surface area (TPSA) is 85.6 Å². The average molecular weight is 516 g/mol. The number of aromatic hydroxyl groups is 1. The molecule has 0 fully saturated rings. The number of hydrogen-bond donors (Lipinski definition) is 1. The summed E-state index contributed by atoms with van der Waals surface area (Å²) in [5.74, 6) is -1.43. The number of benzene rings is 3. The Balaban J connectivity index is 2.17. The molecule has 0 saturated carbocycles. The quantitative estimate of drug-likeness (QED) is 0.310. The molecule has 174 valence electrons. The van der Waals surface area contributed by atoms with E-state index in [2.05, 4.69) is 0 Å². The Labute approximate surface area is 206 Å². The molecule has 1 heterocycles. The molecule has 4 aromatic rings. The van der Waals surface area contributed by atoms with Crippen molar-refractivity contribution in [3.8, 4) is 22.7 Å². The van der Waals surface area contributed by atoms with Gasteiger partial charge in [0, 0.05) is 21.3 Å². The fourth-order valence-corrected chi connectivity index (χ4v) is 5.53. The summed E-state index contributed by atoms with van der Waals surface area (Å²) < 4.78 is 34.2. The van der Waals surface area contributed by atoms with Crippen molar-refractivity contribution in [2.45, 2.75) is 16.8 Å². The summed E-state index contributed by atoms with van der Waals surface area (Å²) in [5, 5.41) is 11.8. The summed E-state index contributed by atoms with van der Waals surface area (Å²) in [4.78, 5) is 13.0. The highest BCUT2D eigenvalue weighted by atomic mass is 35.5. The van der Waals surface area contributed by atoms with Crippen LogP contribution in [0.4, 0.5) is 0 Å². The van der Waals surface area contributed by atoms with E-state index in [-0.39, 0.29) is 27.7 Å². The first-order valence-corrected chi connectivity index (χ1v) is 12.5. The largest absolute Gasteiger partial charge is 0.494 e. The standard InChI is InChI=1S/C25H19Cl2NO5S/c1-2-33-25(30)22-21(16-8-10-17(26)11-9-16)24(34(31,32)20-6-4-3-5-7-20)28(23(22)29)19-14-12-18(27)13-15-19/h3-15,29H,2H2,1H3. The van der Waals surface area contributed by atoms with Gasteiger partial charge in [-0.25, -0.2) is 13.2 Å². The van der Waals surface area contributed by atoms with Crippen molar-refractivity contribution in [3.63, 3.8) is 0 Å². The monoisotopic (exact) mass is 515 g/mol. The van der Waals surface area contributed by atoms with Crippen LogP contribution in [-0.2, 0) is 14.6 Å². The molecule has 0 aliphatic heterocycles. The highest BCUT2D eigenvalue weighted by Gasteiger charge is 2.37. The van der Waals surface area contributed by atoms with E-state index in [1.807, 2.05) is 0 Å². The van der Waals surface area contributed by atoms with E-state index < -0.39 is 21.7 Å². The maximum atomic E-state index is 14.0. The van der Waals surface area contributed by atoms with Crippen LogP contribution in [0.25, 0.3) is 16.8 Å². The van der Waals surface area contributed by atoms with Gasteiger partial charge in [-0.05, 0) is 61.0 Å². The summed E-state index contributed by atoms with van der Waals surface area (Å²) in [6.45, 7) is 1.65. The number of halogens is 2. The number of carbonyl (C=O) groups excluding carboxylic acids is 1. The molecule has 0 aliphatic rings. The lowest BCUT2D eigenvalue weighted by atomic mass is 10.0. The van der Waals surface area contributed by atoms with E-state index in [0.29, 0.717) is 21.3 Å². The Morgan fingerprint density at radius 2 is 1.47 bits per heavy atom. The maximum Gasteiger partial charge on any atom is 0.344 e. The third-order valence-electron chi connectivity index (χ3n) is 5.11. The first kappa shape index (κ1) is 23.9. The van der Waals surface area contributed by atoms with Crippen LogP contribution >= 0.6 is 23.2 Å². The number of ether oxygens (including phenoxy) is 1. The second-order valence-electron chi connectivity index (χ2n) is 7.23.